The Balaban J connectivity index is 2.23. The van der Waals surface area contributed by atoms with Gasteiger partial charge in [-0.15, -0.1) is 0 Å². The van der Waals surface area contributed by atoms with Crippen molar-refractivity contribution in [3.8, 4) is 0 Å². The molecule has 1 heterocycles. The van der Waals surface area contributed by atoms with Crippen LogP contribution in [0.3, 0.4) is 0 Å². The molecular weight excluding hydrogens is 304 g/mol. The van der Waals surface area contributed by atoms with Gasteiger partial charge in [0.25, 0.3) is 0 Å². The molecule has 0 aliphatic carbocycles. The van der Waals surface area contributed by atoms with E-state index in [0.29, 0.717) is 6.04 Å². The maximum atomic E-state index is 12.1. The van der Waals surface area contributed by atoms with E-state index < -0.39 is 9.84 Å². The molecule has 0 spiro atoms. The normalized spacial score (nSPS) is 21.0. The Morgan fingerprint density at radius 1 is 1.24 bits per heavy atom. The second kappa shape index (κ2) is 10.1. The lowest BCUT2D eigenvalue weighted by atomic mass is 10.2. The molecule has 0 bridgehead atoms. The van der Waals surface area contributed by atoms with E-state index in [2.05, 4.69) is 24.1 Å². The number of sulfone groups is 1. The second-order valence-electron chi connectivity index (χ2n) is 6.04. The highest BCUT2D eigenvalue weighted by molar-refractivity contribution is 8.01. The molecule has 6 heteroatoms. The van der Waals surface area contributed by atoms with Crippen LogP contribution in [0.4, 0.5) is 0 Å². The Hall–Kier alpha value is 0.220. The number of hydrogen-bond donors (Lipinski definition) is 1. The van der Waals surface area contributed by atoms with Crippen LogP contribution in [-0.2, 0) is 9.84 Å². The minimum Gasteiger partial charge on any atom is -0.315 e. The molecule has 126 valence electrons. The van der Waals surface area contributed by atoms with Crippen LogP contribution >= 0.6 is 11.8 Å². The molecule has 0 saturated carbocycles. The van der Waals surface area contributed by atoms with Crippen molar-refractivity contribution in [1.29, 1.82) is 0 Å². The van der Waals surface area contributed by atoms with Gasteiger partial charge in [-0.05, 0) is 25.9 Å². The van der Waals surface area contributed by atoms with Gasteiger partial charge in [-0.3, -0.25) is 4.90 Å². The van der Waals surface area contributed by atoms with E-state index in [1.54, 1.807) is 18.7 Å². The van der Waals surface area contributed by atoms with Crippen LogP contribution < -0.4 is 5.32 Å². The zero-order valence-electron chi connectivity index (χ0n) is 13.8. The molecule has 1 unspecified atom stereocenters. The predicted molar refractivity (Wildman–Crippen MR) is 93.8 cm³/mol. The van der Waals surface area contributed by atoms with Crippen molar-refractivity contribution in [3.05, 3.63) is 0 Å². The van der Waals surface area contributed by atoms with Crippen molar-refractivity contribution in [3.63, 3.8) is 0 Å². The van der Waals surface area contributed by atoms with E-state index in [4.69, 9.17) is 0 Å². The van der Waals surface area contributed by atoms with Crippen LogP contribution in [0.2, 0.25) is 0 Å². The summed E-state index contributed by atoms with van der Waals surface area (Å²) in [7, 11) is -2.94. The maximum absolute atomic E-state index is 12.1. The summed E-state index contributed by atoms with van der Waals surface area (Å²) in [4.78, 5) is 2.20. The molecule has 0 aromatic rings. The van der Waals surface area contributed by atoms with Gasteiger partial charge in [-0.1, -0.05) is 33.6 Å². The Kier molecular flexibility index (Phi) is 9.25. The number of hydrogen-bond acceptors (Lipinski definition) is 5. The van der Waals surface area contributed by atoms with E-state index in [9.17, 15) is 8.42 Å². The summed E-state index contributed by atoms with van der Waals surface area (Å²) >= 11 is 1.77. The zero-order chi connectivity index (χ0) is 15.7. The molecule has 1 N–H and O–H groups in total. The molecule has 0 amide bonds. The molecular formula is C15H32N2O2S2. The second-order valence-corrected chi connectivity index (χ2v) is 9.64. The van der Waals surface area contributed by atoms with Crippen molar-refractivity contribution < 1.29 is 8.42 Å². The standard InChI is InChI=1S/C15H32N2O2S2/c1-4-21(18,19)15-13-20-12-11-17(15)10-8-6-5-7-9-16-14(2)3/h14-16H,4-13H2,1-3H3. The lowest BCUT2D eigenvalue weighted by molar-refractivity contribution is 0.263. The summed E-state index contributed by atoms with van der Waals surface area (Å²) in [5.41, 5.74) is 0. The highest BCUT2D eigenvalue weighted by Gasteiger charge is 2.32. The molecule has 4 nitrogen and oxygen atoms in total. The highest BCUT2D eigenvalue weighted by atomic mass is 32.2. The van der Waals surface area contributed by atoms with Crippen LogP contribution in [0.5, 0.6) is 0 Å². The number of nitrogens with one attached hydrogen (secondary N) is 1. The lowest BCUT2D eigenvalue weighted by Crippen LogP contribution is -2.48. The van der Waals surface area contributed by atoms with Crippen molar-refractivity contribution in [2.45, 2.75) is 57.9 Å². The molecule has 1 fully saturated rings. The van der Waals surface area contributed by atoms with Gasteiger partial charge in [0.1, 0.15) is 5.37 Å². The van der Waals surface area contributed by atoms with Crippen LogP contribution in [0, 0.1) is 0 Å². The van der Waals surface area contributed by atoms with E-state index in [0.717, 1.165) is 37.6 Å². The van der Waals surface area contributed by atoms with Gasteiger partial charge >= 0.3 is 0 Å². The average Bonchev–Trinajstić information content (AvgIpc) is 2.46. The first-order valence-corrected chi connectivity index (χ1v) is 11.1. The predicted octanol–water partition coefficient (Wildman–Crippen LogP) is 2.35. The van der Waals surface area contributed by atoms with Crippen molar-refractivity contribution in [2.75, 3.05) is 36.9 Å². The molecule has 1 rings (SSSR count). The van der Waals surface area contributed by atoms with Crippen LogP contribution in [0.15, 0.2) is 0 Å². The Morgan fingerprint density at radius 2 is 1.95 bits per heavy atom. The molecule has 1 saturated heterocycles. The van der Waals surface area contributed by atoms with Gasteiger partial charge in [0.05, 0.1) is 0 Å². The lowest BCUT2D eigenvalue weighted by Gasteiger charge is -2.34. The third-order valence-electron chi connectivity index (χ3n) is 3.93. The summed E-state index contributed by atoms with van der Waals surface area (Å²) in [6.07, 6.45) is 4.75. The quantitative estimate of drug-likeness (QED) is 0.621. The van der Waals surface area contributed by atoms with Crippen LogP contribution in [0.1, 0.15) is 46.5 Å². The Bertz CT molecular complexity index is 372. The number of thioether (sulfide) groups is 1. The fourth-order valence-corrected chi connectivity index (χ4v) is 5.69. The Morgan fingerprint density at radius 3 is 2.62 bits per heavy atom. The maximum Gasteiger partial charge on any atom is 0.166 e. The molecule has 1 aliphatic rings. The molecule has 0 aromatic carbocycles. The number of unbranched alkanes of at least 4 members (excludes halogenated alkanes) is 3. The minimum absolute atomic E-state index is 0.246. The molecule has 0 aromatic heterocycles. The Labute approximate surface area is 135 Å². The van der Waals surface area contributed by atoms with Gasteiger partial charge in [0.15, 0.2) is 9.84 Å². The molecule has 1 atom stereocenters. The van der Waals surface area contributed by atoms with E-state index in [1.165, 1.54) is 19.3 Å². The van der Waals surface area contributed by atoms with E-state index in [1.807, 2.05) is 0 Å². The molecule has 21 heavy (non-hydrogen) atoms. The first kappa shape index (κ1) is 19.3. The highest BCUT2D eigenvalue weighted by Crippen LogP contribution is 2.22. The van der Waals surface area contributed by atoms with Gasteiger partial charge in [0.2, 0.25) is 0 Å². The summed E-state index contributed by atoms with van der Waals surface area (Å²) in [6.45, 7) is 9.04. The topological polar surface area (TPSA) is 49.4 Å². The number of nitrogens with zero attached hydrogens (tertiary/aromatic N) is 1. The molecule has 1 aliphatic heterocycles. The summed E-state index contributed by atoms with van der Waals surface area (Å²) in [5, 5.41) is 3.18. The van der Waals surface area contributed by atoms with Crippen molar-refractivity contribution >= 4 is 21.6 Å². The fourth-order valence-electron chi connectivity index (χ4n) is 2.58. The minimum atomic E-state index is -2.94. The summed E-state index contributed by atoms with van der Waals surface area (Å²) < 4.78 is 24.3. The van der Waals surface area contributed by atoms with Crippen molar-refractivity contribution in [1.82, 2.24) is 10.2 Å². The fraction of sp³-hybridized carbons (Fsp3) is 1.00. The number of rotatable bonds is 10. The van der Waals surface area contributed by atoms with E-state index in [-0.39, 0.29) is 11.1 Å². The third-order valence-corrected chi connectivity index (χ3v) is 7.26. The largest absolute Gasteiger partial charge is 0.315 e. The first-order valence-electron chi connectivity index (χ1n) is 8.24. The average molecular weight is 337 g/mol. The van der Waals surface area contributed by atoms with Crippen LogP contribution in [-0.4, -0.2) is 61.6 Å². The first-order chi connectivity index (χ1) is 9.97. The summed E-state index contributed by atoms with van der Waals surface area (Å²) in [6, 6.07) is 0.566. The SMILES string of the molecule is CCS(=O)(=O)C1CSCCN1CCCCCCNC(C)C. The van der Waals surface area contributed by atoms with Crippen molar-refractivity contribution in [2.24, 2.45) is 0 Å². The summed E-state index contributed by atoms with van der Waals surface area (Å²) in [5.74, 6) is 2.07. The van der Waals surface area contributed by atoms with Gasteiger partial charge in [-0.25, -0.2) is 8.42 Å². The zero-order valence-corrected chi connectivity index (χ0v) is 15.4. The van der Waals surface area contributed by atoms with Gasteiger partial charge in [0, 0.05) is 29.8 Å². The smallest absolute Gasteiger partial charge is 0.166 e. The van der Waals surface area contributed by atoms with E-state index >= 15 is 0 Å². The third kappa shape index (κ3) is 7.35. The monoisotopic (exact) mass is 336 g/mol. The molecule has 0 radical (unpaired) electrons. The van der Waals surface area contributed by atoms with Gasteiger partial charge < -0.3 is 5.32 Å². The van der Waals surface area contributed by atoms with Gasteiger partial charge in [-0.2, -0.15) is 11.8 Å². The van der Waals surface area contributed by atoms with Crippen LogP contribution in [0.25, 0.3) is 0 Å².